The minimum Gasteiger partial charge on any atom is -0.310 e. The molecule has 2 aliphatic heterocycles. The molecule has 1 saturated heterocycles. The minimum atomic E-state index is -0.350. The average Bonchev–Trinajstić information content (AvgIpc) is 2.64. The van der Waals surface area contributed by atoms with Gasteiger partial charge in [0, 0.05) is 18.3 Å². The Morgan fingerprint density at radius 2 is 2.44 bits per heavy atom. The predicted molar refractivity (Wildman–Crippen MR) is 70.5 cm³/mol. The number of anilines is 1. The van der Waals surface area contributed by atoms with Crippen molar-refractivity contribution in [2.24, 2.45) is 0 Å². The summed E-state index contributed by atoms with van der Waals surface area (Å²) >= 11 is 0. The summed E-state index contributed by atoms with van der Waals surface area (Å²) < 4.78 is 0. The Morgan fingerprint density at radius 3 is 3.28 bits per heavy atom. The van der Waals surface area contributed by atoms with Crippen LogP contribution in [-0.2, 0) is 10.2 Å². The van der Waals surface area contributed by atoms with Crippen LogP contribution in [0.1, 0.15) is 31.7 Å². The number of likely N-dealkylation sites (tertiary alicyclic amines) is 1. The van der Waals surface area contributed by atoms with Gasteiger partial charge in [0.25, 0.3) is 0 Å². The molecule has 1 aromatic rings. The number of amides is 1. The molecule has 1 spiro atoms. The number of fused-ring (bicyclic) bond motifs is 2. The Bertz CT molecular complexity index is 472. The fourth-order valence-electron chi connectivity index (χ4n) is 3.30. The van der Waals surface area contributed by atoms with E-state index in [0.29, 0.717) is 0 Å². The summed E-state index contributed by atoms with van der Waals surface area (Å²) in [5.41, 5.74) is 0.743. The van der Waals surface area contributed by atoms with Gasteiger partial charge >= 0.3 is 0 Å². The number of pyridine rings is 1. The molecule has 96 valence electrons. The number of aromatic nitrogens is 1. The maximum Gasteiger partial charge on any atom is 0.237 e. The van der Waals surface area contributed by atoms with Crippen LogP contribution in [0.3, 0.4) is 0 Å². The first kappa shape index (κ1) is 11.7. The maximum absolute atomic E-state index is 12.4. The van der Waals surface area contributed by atoms with E-state index in [1.165, 1.54) is 0 Å². The molecule has 0 radical (unpaired) electrons. The van der Waals surface area contributed by atoms with E-state index in [1.807, 2.05) is 6.07 Å². The quantitative estimate of drug-likeness (QED) is 0.863. The van der Waals surface area contributed by atoms with Crippen molar-refractivity contribution < 1.29 is 4.79 Å². The van der Waals surface area contributed by atoms with Crippen molar-refractivity contribution in [3.63, 3.8) is 0 Å². The summed E-state index contributed by atoms with van der Waals surface area (Å²) in [4.78, 5) is 19.1. The molecule has 1 amide bonds. The number of nitrogens with one attached hydrogen (secondary N) is 1. The normalized spacial score (nSPS) is 27.3. The summed E-state index contributed by atoms with van der Waals surface area (Å²) in [5, 5.41) is 2.94. The monoisotopic (exact) mass is 245 g/mol. The van der Waals surface area contributed by atoms with Crippen LogP contribution in [-0.4, -0.2) is 35.4 Å². The van der Waals surface area contributed by atoms with Crippen molar-refractivity contribution in [1.82, 2.24) is 9.88 Å². The summed E-state index contributed by atoms with van der Waals surface area (Å²) in [6.07, 6.45) is 4.90. The van der Waals surface area contributed by atoms with E-state index in [9.17, 15) is 4.79 Å². The smallest absolute Gasteiger partial charge is 0.237 e. The molecule has 1 fully saturated rings. The van der Waals surface area contributed by atoms with Crippen molar-refractivity contribution in [2.75, 3.05) is 25.0 Å². The first-order valence-electron chi connectivity index (χ1n) is 6.75. The number of rotatable bonds is 2. The highest BCUT2D eigenvalue weighted by molar-refractivity contribution is 6.05. The first-order chi connectivity index (χ1) is 8.76. The Balaban J connectivity index is 1.96. The summed E-state index contributed by atoms with van der Waals surface area (Å²) in [7, 11) is 0. The lowest BCUT2D eigenvalue weighted by Crippen LogP contribution is -2.50. The lowest BCUT2D eigenvalue weighted by molar-refractivity contribution is -0.122. The van der Waals surface area contributed by atoms with Gasteiger partial charge in [0.2, 0.25) is 5.91 Å². The van der Waals surface area contributed by atoms with Crippen LogP contribution in [0.4, 0.5) is 5.82 Å². The fourth-order valence-corrected chi connectivity index (χ4v) is 3.30. The van der Waals surface area contributed by atoms with Crippen LogP contribution in [0.2, 0.25) is 0 Å². The highest BCUT2D eigenvalue weighted by Crippen LogP contribution is 2.42. The number of hydrogen-bond acceptors (Lipinski definition) is 3. The molecule has 2 aliphatic rings. The van der Waals surface area contributed by atoms with Crippen molar-refractivity contribution >= 4 is 11.7 Å². The second kappa shape index (κ2) is 4.35. The number of hydrogen-bond donors (Lipinski definition) is 1. The van der Waals surface area contributed by atoms with E-state index in [2.05, 4.69) is 28.2 Å². The molecule has 0 unspecified atom stereocenters. The molecule has 0 aromatic carbocycles. The van der Waals surface area contributed by atoms with Gasteiger partial charge in [0.1, 0.15) is 5.82 Å². The fraction of sp³-hybridized carbons (Fsp3) is 0.571. The standard InChI is InChI=1S/C14H19N3O/c1-2-8-17-9-4-6-14(10-17)11-5-3-7-15-12(11)16-13(14)18/h3,5,7H,2,4,6,8-10H2,1H3,(H,15,16,18)/t14-/m0/s1. The minimum absolute atomic E-state index is 0.136. The molecule has 1 aromatic heterocycles. The zero-order chi connectivity index (χ0) is 12.6. The van der Waals surface area contributed by atoms with E-state index in [4.69, 9.17) is 0 Å². The van der Waals surface area contributed by atoms with E-state index >= 15 is 0 Å². The van der Waals surface area contributed by atoms with Crippen LogP contribution in [0, 0.1) is 0 Å². The molecule has 4 nitrogen and oxygen atoms in total. The van der Waals surface area contributed by atoms with Gasteiger partial charge in [-0.3, -0.25) is 4.79 Å². The van der Waals surface area contributed by atoms with Gasteiger partial charge in [-0.2, -0.15) is 0 Å². The lowest BCUT2D eigenvalue weighted by Gasteiger charge is -2.38. The summed E-state index contributed by atoms with van der Waals surface area (Å²) in [6.45, 7) is 5.21. The second-order valence-corrected chi connectivity index (χ2v) is 5.32. The van der Waals surface area contributed by atoms with E-state index in [1.54, 1.807) is 6.20 Å². The third-order valence-electron chi connectivity index (χ3n) is 4.10. The predicted octanol–water partition coefficient (Wildman–Crippen LogP) is 1.78. The topological polar surface area (TPSA) is 45.2 Å². The first-order valence-corrected chi connectivity index (χ1v) is 6.75. The Labute approximate surface area is 107 Å². The third kappa shape index (κ3) is 1.63. The van der Waals surface area contributed by atoms with Crippen molar-refractivity contribution in [2.45, 2.75) is 31.6 Å². The third-order valence-corrected chi connectivity index (χ3v) is 4.10. The highest BCUT2D eigenvalue weighted by atomic mass is 16.2. The van der Waals surface area contributed by atoms with Gasteiger partial charge in [0.05, 0.1) is 5.41 Å². The Kier molecular flexibility index (Phi) is 2.82. The van der Waals surface area contributed by atoms with Crippen LogP contribution in [0.5, 0.6) is 0 Å². The largest absolute Gasteiger partial charge is 0.310 e. The van der Waals surface area contributed by atoms with Crippen LogP contribution in [0.15, 0.2) is 18.3 Å². The van der Waals surface area contributed by atoms with Gasteiger partial charge in [0.15, 0.2) is 0 Å². The van der Waals surface area contributed by atoms with Crippen molar-refractivity contribution in [3.05, 3.63) is 23.9 Å². The van der Waals surface area contributed by atoms with E-state index in [0.717, 1.165) is 50.3 Å². The van der Waals surface area contributed by atoms with Gasteiger partial charge < -0.3 is 10.2 Å². The van der Waals surface area contributed by atoms with Gasteiger partial charge in [-0.1, -0.05) is 13.0 Å². The van der Waals surface area contributed by atoms with Crippen LogP contribution in [0.25, 0.3) is 0 Å². The highest BCUT2D eigenvalue weighted by Gasteiger charge is 2.49. The van der Waals surface area contributed by atoms with Crippen LogP contribution >= 0.6 is 0 Å². The Hall–Kier alpha value is -1.42. The molecule has 1 N–H and O–H groups in total. The number of carbonyl (C=O) groups excluding carboxylic acids is 1. The molecule has 0 bridgehead atoms. The molecular formula is C14H19N3O. The van der Waals surface area contributed by atoms with E-state index < -0.39 is 0 Å². The molecule has 18 heavy (non-hydrogen) atoms. The zero-order valence-electron chi connectivity index (χ0n) is 10.8. The Morgan fingerprint density at radius 1 is 1.56 bits per heavy atom. The molecule has 0 aliphatic carbocycles. The summed E-state index contributed by atoms with van der Waals surface area (Å²) in [6, 6.07) is 3.98. The van der Waals surface area contributed by atoms with Crippen LogP contribution < -0.4 is 5.32 Å². The number of piperidine rings is 1. The van der Waals surface area contributed by atoms with Crippen molar-refractivity contribution in [1.29, 1.82) is 0 Å². The number of carbonyl (C=O) groups is 1. The molecular weight excluding hydrogens is 226 g/mol. The lowest BCUT2D eigenvalue weighted by atomic mass is 9.75. The zero-order valence-corrected chi connectivity index (χ0v) is 10.8. The van der Waals surface area contributed by atoms with Gasteiger partial charge in [-0.15, -0.1) is 0 Å². The maximum atomic E-state index is 12.4. The average molecular weight is 245 g/mol. The molecule has 3 rings (SSSR count). The second-order valence-electron chi connectivity index (χ2n) is 5.32. The molecule has 0 saturated carbocycles. The van der Waals surface area contributed by atoms with Gasteiger partial charge in [-0.05, 0) is 38.4 Å². The van der Waals surface area contributed by atoms with Crippen molar-refractivity contribution in [3.8, 4) is 0 Å². The SMILES string of the molecule is CCCN1CCC[C@@]2(C1)C(=O)Nc1ncccc12. The molecule has 4 heteroatoms. The summed E-state index contributed by atoms with van der Waals surface area (Å²) in [5.74, 6) is 0.901. The number of nitrogens with zero attached hydrogens (tertiary/aromatic N) is 2. The van der Waals surface area contributed by atoms with Gasteiger partial charge in [-0.25, -0.2) is 4.98 Å². The molecule has 1 atom stereocenters. The van der Waals surface area contributed by atoms with E-state index in [-0.39, 0.29) is 11.3 Å². The molecule has 3 heterocycles.